The van der Waals surface area contributed by atoms with Crippen molar-refractivity contribution in [3.05, 3.63) is 53.7 Å². The number of hydrogen-bond acceptors (Lipinski definition) is 3. The number of fused-ring (bicyclic) bond motifs is 1. The molecule has 3 heterocycles. The Morgan fingerprint density at radius 2 is 1.96 bits per heavy atom. The van der Waals surface area contributed by atoms with Gasteiger partial charge in [0.05, 0.1) is 5.69 Å². The summed E-state index contributed by atoms with van der Waals surface area (Å²) in [5.41, 5.74) is 4.74. The number of amides is 1. The van der Waals surface area contributed by atoms with E-state index in [1.54, 1.807) is 0 Å². The molecule has 4 rings (SSSR count). The molecular formula is C19H23ClN4O. The molecule has 2 aromatic rings. The molecule has 5 nitrogen and oxygen atoms in total. The van der Waals surface area contributed by atoms with Crippen LogP contribution in [0.5, 0.6) is 0 Å². The van der Waals surface area contributed by atoms with Gasteiger partial charge in [0.15, 0.2) is 0 Å². The zero-order chi connectivity index (χ0) is 16.5. The Kier molecular flexibility index (Phi) is 5.25. The number of aryl methyl sites for hydroxylation is 1. The van der Waals surface area contributed by atoms with Gasteiger partial charge in [-0.2, -0.15) is 5.10 Å². The van der Waals surface area contributed by atoms with Crippen molar-refractivity contribution in [2.45, 2.75) is 18.9 Å². The second-order valence-corrected chi connectivity index (χ2v) is 6.40. The molecule has 2 aliphatic rings. The fourth-order valence-corrected chi connectivity index (χ4v) is 3.66. The molecule has 1 N–H and O–H groups in total. The van der Waals surface area contributed by atoms with Gasteiger partial charge in [-0.1, -0.05) is 42.5 Å². The third-order valence-electron chi connectivity index (χ3n) is 4.93. The van der Waals surface area contributed by atoms with Crippen LogP contribution in [0, 0.1) is 0 Å². The molecule has 0 aliphatic carbocycles. The van der Waals surface area contributed by atoms with Crippen LogP contribution in [0.2, 0.25) is 0 Å². The zero-order valence-corrected chi connectivity index (χ0v) is 15.1. The van der Waals surface area contributed by atoms with Crippen molar-refractivity contribution in [3.63, 3.8) is 0 Å². The molecule has 1 amide bonds. The number of carbonyl (C=O) groups excluding carboxylic acids is 1. The summed E-state index contributed by atoms with van der Waals surface area (Å²) in [6, 6.07) is 10.2. The maximum atomic E-state index is 12.7. The number of benzene rings is 1. The van der Waals surface area contributed by atoms with E-state index in [9.17, 15) is 4.79 Å². The van der Waals surface area contributed by atoms with E-state index >= 15 is 0 Å². The molecular weight excluding hydrogens is 336 g/mol. The fraction of sp³-hybridized carbons (Fsp3) is 0.368. The number of rotatable bonds is 2. The van der Waals surface area contributed by atoms with Crippen molar-refractivity contribution < 1.29 is 4.79 Å². The van der Waals surface area contributed by atoms with Crippen molar-refractivity contribution in [2.75, 3.05) is 19.6 Å². The largest absolute Gasteiger partial charge is 0.340 e. The Balaban J connectivity index is 0.00000182. The molecule has 1 unspecified atom stereocenters. The van der Waals surface area contributed by atoms with Crippen LogP contribution in [-0.4, -0.2) is 46.3 Å². The second-order valence-electron chi connectivity index (χ2n) is 6.40. The summed E-state index contributed by atoms with van der Waals surface area (Å²) in [4.78, 5) is 14.6. The molecule has 0 saturated carbocycles. The molecule has 1 atom stereocenters. The van der Waals surface area contributed by atoms with Crippen LogP contribution in [0.1, 0.15) is 11.3 Å². The number of halogens is 1. The summed E-state index contributed by atoms with van der Waals surface area (Å²) in [5, 5.41) is 7.96. The lowest BCUT2D eigenvalue weighted by molar-refractivity contribution is -0.131. The Hall–Kier alpha value is -2.11. The standard InChI is InChI=1S/C19H22N4O.ClH/c1-22-17-10-13-23(19(24)16-8-5-11-20-16)12-9-15(17)18(21-22)14-6-3-2-4-7-14;/h2-8,16,20H,9-13H2,1H3;1H. The van der Waals surface area contributed by atoms with E-state index in [2.05, 4.69) is 17.4 Å². The average molecular weight is 359 g/mol. The highest BCUT2D eigenvalue weighted by Gasteiger charge is 2.28. The lowest BCUT2D eigenvalue weighted by atomic mass is 10.0. The van der Waals surface area contributed by atoms with Crippen molar-refractivity contribution in [2.24, 2.45) is 7.05 Å². The van der Waals surface area contributed by atoms with Crippen LogP contribution >= 0.6 is 12.4 Å². The molecule has 0 spiro atoms. The molecule has 0 fully saturated rings. The molecule has 0 saturated heterocycles. The Labute approximate surface area is 154 Å². The maximum absolute atomic E-state index is 12.7. The van der Waals surface area contributed by atoms with E-state index in [0.29, 0.717) is 0 Å². The Bertz CT molecular complexity index is 784. The van der Waals surface area contributed by atoms with Crippen LogP contribution in [0.25, 0.3) is 11.3 Å². The Morgan fingerprint density at radius 1 is 1.20 bits per heavy atom. The van der Waals surface area contributed by atoms with Gasteiger partial charge in [0.2, 0.25) is 5.91 Å². The minimum Gasteiger partial charge on any atom is -0.340 e. The van der Waals surface area contributed by atoms with Gasteiger partial charge in [0.25, 0.3) is 0 Å². The van der Waals surface area contributed by atoms with Crippen LogP contribution < -0.4 is 5.32 Å². The van der Waals surface area contributed by atoms with Crippen LogP contribution in [0.15, 0.2) is 42.5 Å². The van der Waals surface area contributed by atoms with Gasteiger partial charge in [0.1, 0.15) is 6.04 Å². The van der Waals surface area contributed by atoms with Crippen molar-refractivity contribution in [1.82, 2.24) is 20.0 Å². The summed E-state index contributed by atoms with van der Waals surface area (Å²) in [6.45, 7) is 2.29. The van der Waals surface area contributed by atoms with Crippen LogP contribution in [-0.2, 0) is 24.7 Å². The molecule has 1 aromatic heterocycles. The number of nitrogens with one attached hydrogen (secondary N) is 1. The van der Waals surface area contributed by atoms with E-state index < -0.39 is 0 Å². The van der Waals surface area contributed by atoms with E-state index in [-0.39, 0.29) is 24.4 Å². The normalized spacial score (nSPS) is 19.2. The molecule has 1 aromatic carbocycles. The lowest BCUT2D eigenvalue weighted by Gasteiger charge is -2.23. The van der Waals surface area contributed by atoms with E-state index in [4.69, 9.17) is 5.10 Å². The van der Waals surface area contributed by atoms with Crippen molar-refractivity contribution >= 4 is 18.3 Å². The molecule has 25 heavy (non-hydrogen) atoms. The van der Waals surface area contributed by atoms with Gasteiger partial charge in [-0.25, -0.2) is 0 Å². The number of carbonyl (C=O) groups is 1. The highest BCUT2D eigenvalue weighted by atomic mass is 35.5. The fourth-order valence-electron chi connectivity index (χ4n) is 3.66. The van der Waals surface area contributed by atoms with Gasteiger partial charge >= 0.3 is 0 Å². The highest BCUT2D eigenvalue weighted by Crippen LogP contribution is 2.28. The van der Waals surface area contributed by atoms with Crippen LogP contribution in [0.3, 0.4) is 0 Å². The molecule has 132 valence electrons. The van der Waals surface area contributed by atoms with E-state index in [1.807, 2.05) is 47.0 Å². The third-order valence-corrected chi connectivity index (χ3v) is 4.93. The molecule has 6 heteroatoms. The monoisotopic (exact) mass is 358 g/mol. The van der Waals surface area contributed by atoms with E-state index in [0.717, 1.165) is 43.7 Å². The molecule has 0 bridgehead atoms. The highest BCUT2D eigenvalue weighted by molar-refractivity contribution is 5.85. The van der Waals surface area contributed by atoms with Gasteiger partial charge in [-0.15, -0.1) is 12.4 Å². The van der Waals surface area contributed by atoms with Crippen molar-refractivity contribution in [1.29, 1.82) is 0 Å². The smallest absolute Gasteiger partial charge is 0.243 e. The van der Waals surface area contributed by atoms with Gasteiger partial charge in [-0.3, -0.25) is 14.8 Å². The zero-order valence-electron chi connectivity index (χ0n) is 14.3. The predicted octanol–water partition coefficient (Wildman–Crippen LogP) is 1.96. The third kappa shape index (κ3) is 3.34. The minimum atomic E-state index is -0.155. The summed E-state index contributed by atoms with van der Waals surface area (Å²) >= 11 is 0. The Morgan fingerprint density at radius 3 is 2.68 bits per heavy atom. The first-order valence-electron chi connectivity index (χ1n) is 8.53. The summed E-state index contributed by atoms with van der Waals surface area (Å²) in [6.07, 6.45) is 5.70. The van der Waals surface area contributed by atoms with Gasteiger partial charge < -0.3 is 4.90 Å². The second kappa shape index (κ2) is 7.42. The SMILES string of the molecule is Cl.Cn1nc(-c2ccccc2)c2c1CCN(C(=O)C1C=CCN1)CC2. The quantitative estimate of drug-likeness (QED) is 0.835. The molecule has 2 aliphatic heterocycles. The summed E-state index contributed by atoms with van der Waals surface area (Å²) in [7, 11) is 2.00. The van der Waals surface area contributed by atoms with Gasteiger partial charge in [0, 0.05) is 49.9 Å². The van der Waals surface area contributed by atoms with Gasteiger partial charge in [-0.05, 0) is 6.42 Å². The number of nitrogens with zero attached hydrogens (tertiary/aromatic N) is 3. The summed E-state index contributed by atoms with van der Waals surface area (Å²) in [5.74, 6) is 0.186. The lowest BCUT2D eigenvalue weighted by Crippen LogP contribution is -2.44. The first-order chi connectivity index (χ1) is 11.7. The minimum absolute atomic E-state index is 0. The average Bonchev–Trinajstić information content (AvgIpc) is 3.18. The van der Waals surface area contributed by atoms with Crippen LogP contribution in [0.4, 0.5) is 0 Å². The number of aromatic nitrogens is 2. The predicted molar refractivity (Wildman–Crippen MR) is 101 cm³/mol. The topological polar surface area (TPSA) is 50.2 Å². The first kappa shape index (κ1) is 17.7. The number of hydrogen-bond donors (Lipinski definition) is 1. The summed E-state index contributed by atoms with van der Waals surface area (Å²) < 4.78 is 1.99. The molecule has 0 radical (unpaired) electrons. The first-order valence-corrected chi connectivity index (χ1v) is 8.53. The van der Waals surface area contributed by atoms with E-state index in [1.165, 1.54) is 11.3 Å². The van der Waals surface area contributed by atoms with Crippen molar-refractivity contribution in [3.8, 4) is 11.3 Å². The maximum Gasteiger partial charge on any atom is 0.243 e.